The van der Waals surface area contributed by atoms with Gasteiger partial charge >= 0.3 is 0 Å². The number of rotatable bonds is 10. The smallest absolute Gasteiger partial charge is 0.162 e. The third kappa shape index (κ3) is 6.76. The molecule has 0 radical (unpaired) electrons. The van der Waals surface area contributed by atoms with Gasteiger partial charge in [0.05, 0.1) is 13.2 Å². The van der Waals surface area contributed by atoms with Crippen LogP contribution in [-0.2, 0) is 9.47 Å². The summed E-state index contributed by atoms with van der Waals surface area (Å²) < 4.78 is 10.2. The van der Waals surface area contributed by atoms with Crippen LogP contribution in [0, 0.1) is 0 Å². The summed E-state index contributed by atoms with van der Waals surface area (Å²) in [4.78, 5) is 13.1. The van der Waals surface area contributed by atoms with Crippen LogP contribution in [-0.4, -0.2) is 39.0 Å². The molecule has 19 heavy (non-hydrogen) atoms. The molecule has 0 aromatic heterocycles. The Morgan fingerprint density at radius 1 is 1.11 bits per heavy atom. The van der Waals surface area contributed by atoms with Crippen molar-refractivity contribution in [2.75, 3.05) is 33.2 Å². The van der Waals surface area contributed by atoms with E-state index in [1.807, 2.05) is 30.5 Å². The molecule has 0 atom stereocenters. The molecule has 106 valence electrons. The molecule has 1 aromatic carbocycles. The predicted octanol–water partition coefficient (Wildman–Crippen LogP) is 3.42. The number of ketones is 1. The summed E-state index contributed by atoms with van der Waals surface area (Å²) in [6.45, 7) is 1.95. The number of methoxy groups -OCH3 is 1. The van der Waals surface area contributed by atoms with Crippen molar-refractivity contribution < 1.29 is 14.3 Å². The van der Waals surface area contributed by atoms with Crippen molar-refractivity contribution in [3.8, 4) is 0 Å². The molecule has 4 heteroatoms. The van der Waals surface area contributed by atoms with Crippen LogP contribution in [0.15, 0.2) is 29.2 Å². The van der Waals surface area contributed by atoms with Gasteiger partial charge in [-0.2, -0.15) is 0 Å². The first kappa shape index (κ1) is 16.2. The highest BCUT2D eigenvalue weighted by Gasteiger charge is 2.05. The molecule has 0 fully saturated rings. The summed E-state index contributed by atoms with van der Waals surface area (Å²) in [5, 5.41) is 0. The second-order valence-corrected chi connectivity index (χ2v) is 5.09. The molecule has 0 saturated heterocycles. The lowest BCUT2D eigenvalue weighted by Gasteiger charge is -2.04. The number of hydrogen-bond acceptors (Lipinski definition) is 4. The maximum Gasteiger partial charge on any atom is 0.162 e. The Labute approximate surface area is 119 Å². The van der Waals surface area contributed by atoms with Crippen LogP contribution in [0.3, 0.4) is 0 Å². The van der Waals surface area contributed by atoms with E-state index in [0.717, 1.165) is 18.4 Å². The number of carbonyl (C=O) groups excluding carboxylic acids is 1. The second-order valence-electron chi connectivity index (χ2n) is 4.21. The van der Waals surface area contributed by atoms with Gasteiger partial charge in [-0.1, -0.05) is 12.1 Å². The first-order valence-corrected chi connectivity index (χ1v) is 7.74. The van der Waals surface area contributed by atoms with Crippen LogP contribution >= 0.6 is 11.8 Å². The largest absolute Gasteiger partial charge is 0.382 e. The molecule has 0 bridgehead atoms. The maximum absolute atomic E-state index is 11.9. The van der Waals surface area contributed by atoms with Gasteiger partial charge in [0.25, 0.3) is 0 Å². The fourth-order valence-corrected chi connectivity index (χ4v) is 2.06. The fourth-order valence-electron chi connectivity index (χ4n) is 1.66. The van der Waals surface area contributed by atoms with Crippen LogP contribution in [0.25, 0.3) is 0 Å². The van der Waals surface area contributed by atoms with Crippen molar-refractivity contribution >= 4 is 17.5 Å². The van der Waals surface area contributed by atoms with E-state index in [4.69, 9.17) is 9.47 Å². The Bertz CT molecular complexity index is 362. The van der Waals surface area contributed by atoms with Gasteiger partial charge in [0.1, 0.15) is 0 Å². The van der Waals surface area contributed by atoms with Gasteiger partial charge in [0, 0.05) is 30.6 Å². The molecule has 1 aromatic rings. The highest BCUT2D eigenvalue weighted by Crippen LogP contribution is 2.16. The maximum atomic E-state index is 11.9. The topological polar surface area (TPSA) is 35.5 Å². The predicted molar refractivity (Wildman–Crippen MR) is 79.1 cm³/mol. The fraction of sp³-hybridized carbons (Fsp3) is 0.533. The van der Waals surface area contributed by atoms with E-state index in [2.05, 4.69) is 0 Å². The molecule has 1 rings (SSSR count). The zero-order chi connectivity index (χ0) is 13.9. The highest BCUT2D eigenvalue weighted by atomic mass is 32.2. The Balaban J connectivity index is 2.16. The number of thioether (sulfide) groups is 1. The quantitative estimate of drug-likeness (QED) is 0.374. The summed E-state index contributed by atoms with van der Waals surface area (Å²) in [7, 11) is 1.66. The molecule has 0 aliphatic carbocycles. The van der Waals surface area contributed by atoms with Gasteiger partial charge < -0.3 is 9.47 Å². The molecule has 0 spiro atoms. The van der Waals surface area contributed by atoms with Crippen LogP contribution in [0.2, 0.25) is 0 Å². The average Bonchev–Trinajstić information content (AvgIpc) is 2.46. The Morgan fingerprint density at radius 2 is 1.84 bits per heavy atom. The van der Waals surface area contributed by atoms with E-state index in [-0.39, 0.29) is 5.78 Å². The molecule has 0 aliphatic rings. The van der Waals surface area contributed by atoms with Crippen molar-refractivity contribution in [1.29, 1.82) is 0 Å². The molecule has 0 amide bonds. The number of carbonyl (C=O) groups is 1. The minimum Gasteiger partial charge on any atom is -0.382 e. The monoisotopic (exact) mass is 282 g/mol. The highest BCUT2D eigenvalue weighted by molar-refractivity contribution is 7.98. The normalized spacial score (nSPS) is 10.6. The summed E-state index contributed by atoms with van der Waals surface area (Å²) >= 11 is 1.68. The lowest BCUT2D eigenvalue weighted by atomic mass is 10.1. The third-order valence-corrected chi connectivity index (χ3v) is 3.53. The zero-order valence-electron chi connectivity index (χ0n) is 11.7. The van der Waals surface area contributed by atoms with Crippen LogP contribution in [0.1, 0.15) is 29.6 Å². The minimum atomic E-state index is 0.213. The summed E-state index contributed by atoms with van der Waals surface area (Å²) in [6.07, 6.45) is 4.40. The average molecular weight is 282 g/mol. The van der Waals surface area contributed by atoms with Gasteiger partial charge in [0.15, 0.2) is 5.78 Å². The standard InChI is InChI=1S/C15H22O3S/c1-17-11-12-18-10-4-3-5-15(16)13-6-8-14(19-2)9-7-13/h6-9H,3-5,10-12H2,1-2H3. The molecule has 0 N–H and O–H groups in total. The molecule has 0 unspecified atom stereocenters. The molecule has 3 nitrogen and oxygen atoms in total. The van der Waals surface area contributed by atoms with Crippen molar-refractivity contribution in [1.82, 2.24) is 0 Å². The van der Waals surface area contributed by atoms with Crippen molar-refractivity contribution in [2.24, 2.45) is 0 Å². The molecule has 0 saturated carbocycles. The number of unbranched alkanes of at least 4 members (excludes halogenated alkanes) is 1. The zero-order valence-corrected chi connectivity index (χ0v) is 12.5. The van der Waals surface area contributed by atoms with Crippen LogP contribution in [0.5, 0.6) is 0 Å². The summed E-state index contributed by atoms with van der Waals surface area (Å²) in [5.74, 6) is 0.213. The Hall–Kier alpha value is -0.840. The summed E-state index contributed by atoms with van der Waals surface area (Å²) in [6, 6.07) is 7.80. The molecule has 0 heterocycles. The number of ether oxygens (including phenoxy) is 2. The van der Waals surface area contributed by atoms with E-state index in [1.165, 1.54) is 4.90 Å². The van der Waals surface area contributed by atoms with Gasteiger partial charge in [-0.3, -0.25) is 4.79 Å². The first-order valence-electron chi connectivity index (χ1n) is 6.52. The van der Waals surface area contributed by atoms with Gasteiger partial charge in [-0.05, 0) is 31.2 Å². The SMILES string of the molecule is COCCOCCCCC(=O)c1ccc(SC)cc1. The van der Waals surface area contributed by atoms with E-state index in [0.29, 0.717) is 26.2 Å². The molecule has 0 aliphatic heterocycles. The third-order valence-electron chi connectivity index (χ3n) is 2.79. The minimum absolute atomic E-state index is 0.213. The molecular formula is C15H22O3S. The van der Waals surface area contributed by atoms with Crippen LogP contribution < -0.4 is 0 Å². The van der Waals surface area contributed by atoms with E-state index in [1.54, 1.807) is 18.9 Å². The van der Waals surface area contributed by atoms with Gasteiger partial charge in [-0.25, -0.2) is 0 Å². The van der Waals surface area contributed by atoms with Crippen molar-refractivity contribution in [3.63, 3.8) is 0 Å². The molecular weight excluding hydrogens is 260 g/mol. The van der Waals surface area contributed by atoms with E-state index < -0.39 is 0 Å². The second kappa shape index (κ2) is 10.0. The lowest BCUT2D eigenvalue weighted by Crippen LogP contribution is -2.04. The van der Waals surface area contributed by atoms with Gasteiger partial charge in [0.2, 0.25) is 0 Å². The lowest BCUT2D eigenvalue weighted by molar-refractivity contribution is 0.0681. The first-order chi connectivity index (χ1) is 9.27. The Morgan fingerprint density at radius 3 is 2.47 bits per heavy atom. The van der Waals surface area contributed by atoms with E-state index >= 15 is 0 Å². The summed E-state index contributed by atoms with van der Waals surface area (Å²) in [5.41, 5.74) is 0.804. The number of hydrogen-bond donors (Lipinski definition) is 0. The van der Waals surface area contributed by atoms with Crippen molar-refractivity contribution in [2.45, 2.75) is 24.2 Å². The Kier molecular flexibility index (Phi) is 8.54. The van der Waals surface area contributed by atoms with Crippen molar-refractivity contribution in [3.05, 3.63) is 29.8 Å². The van der Waals surface area contributed by atoms with Crippen LogP contribution in [0.4, 0.5) is 0 Å². The number of Topliss-reactive ketones (excluding diaryl/α,β-unsaturated/α-hetero) is 1. The van der Waals surface area contributed by atoms with E-state index in [9.17, 15) is 4.79 Å². The van der Waals surface area contributed by atoms with Gasteiger partial charge in [-0.15, -0.1) is 11.8 Å². The number of benzene rings is 1.